The molecular weight excluding hydrogens is 302 g/mol. The Morgan fingerprint density at radius 1 is 1.05 bits per heavy atom. The highest BCUT2D eigenvalue weighted by Gasteiger charge is 2.18. The fourth-order valence-electron chi connectivity index (χ4n) is 2.30. The van der Waals surface area contributed by atoms with Crippen molar-refractivity contribution in [2.75, 3.05) is 7.11 Å². The second-order valence-electron chi connectivity index (χ2n) is 4.75. The van der Waals surface area contributed by atoms with Gasteiger partial charge in [0.1, 0.15) is 6.61 Å². The number of aromatic nitrogens is 1. The van der Waals surface area contributed by atoms with Gasteiger partial charge in [-0.15, -0.1) is 0 Å². The lowest BCUT2D eigenvalue weighted by molar-refractivity contribution is -0.282. The van der Waals surface area contributed by atoms with Crippen molar-refractivity contribution in [2.45, 2.75) is 11.5 Å². The molecule has 0 aliphatic heterocycles. The van der Waals surface area contributed by atoms with Crippen LogP contribution in [0.1, 0.15) is 5.56 Å². The van der Waals surface area contributed by atoms with Gasteiger partial charge in [0.2, 0.25) is 0 Å². The van der Waals surface area contributed by atoms with Crippen molar-refractivity contribution < 1.29 is 18.2 Å². The summed E-state index contributed by atoms with van der Waals surface area (Å²) in [5.74, 6) is 0. The lowest BCUT2D eigenvalue weighted by atomic mass is 10.2. The predicted octanol–water partition coefficient (Wildman–Crippen LogP) is 2.96. The van der Waals surface area contributed by atoms with Crippen LogP contribution in [0.2, 0.25) is 0 Å². The van der Waals surface area contributed by atoms with Crippen molar-refractivity contribution in [1.29, 1.82) is 0 Å². The van der Waals surface area contributed by atoms with Gasteiger partial charge >= 0.3 is 0 Å². The smallest absolute Gasteiger partial charge is 0.241 e. The van der Waals surface area contributed by atoms with E-state index in [0.717, 1.165) is 10.9 Å². The second-order valence-corrected chi connectivity index (χ2v) is 6.57. The Hall–Kier alpha value is -2.15. The van der Waals surface area contributed by atoms with Crippen LogP contribution >= 0.6 is 0 Å². The first kappa shape index (κ1) is 14.8. The van der Waals surface area contributed by atoms with E-state index in [1.54, 1.807) is 48.7 Å². The van der Waals surface area contributed by atoms with Crippen molar-refractivity contribution in [3.05, 3.63) is 66.4 Å². The molecule has 6 heteroatoms. The topological polar surface area (TPSA) is 57.5 Å². The quantitative estimate of drug-likeness (QED) is 0.536. The van der Waals surface area contributed by atoms with Crippen LogP contribution < -0.4 is 0 Å². The number of fused-ring (bicyclic) bond motifs is 1. The lowest BCUT2D eigenvalue weighted by Crippen LogP contribution is -2.11. The summed E-state index contributed by atoms with van der Waals surface area (Å²) in [6, 6.07) is 15.6. The predicted molar refractivity (Wildman–Crippen MR) is 82.8 cm³/mol. The largest absolute Gasteiger partial charge is 0.268 e. The minimum atomic E-state index is -3.59. The van der Waals surface area contributed by atoms with Crippen molar-refractivity contribution in [3.63, 3.8) is 0 Å². The first-order chi connectivity index (χ1) is 10.6. The number of nitrogens with zero attached hydrogens (tertiary/aromatic N) is 1. The Morgan fingerprint density at radius 3 is 2.55 bits per heavy atom. The van der Waals surface area contributed by atoms with Crippen LogP contribution in [0.3, 0.4) is 0 Å². The summed E-state index contributed by atoms with van der Waals surface area (Å²) in [7, 11) is -2.15. The van der Waals surface area contributed by atoms with Crippen LogP contribution in [0.4, 0.5) is 0 Å². The molecule has 0 bridgehead atoms. The molecule has 3 aromatic rings. The van der Waals surface area contributed by atoms with Gasteiger partial charge in [-0.2, -0.15) is 0 Å². The van der Waals surface area contributed by atoms with E-state index < -0.39 is 10.0 Å². The number of hydrogen-bond donors (Lipinski definition) is 0. The molecule has 1 heterocycles. The first-order valence-corrected chi connectivity index (χ1v) is 8.13. The maximum atomic E-state index is 12.7. The van der Waals surface area contributed by atoms with E-state index in [-0.39, 0.29) is 4.90 Å². The van der Waals surface area contributed by atoms with E-state index in [9.17, 15) is 8.42 Å². The Balaban J connectivity index is 2.05. The highest BCUT2D eigenvalue weighted by molar-refractivity contribution is 7.90. The highest BCUT2D eigenvalue weighted by Crippen LogP contribution is 2.23. The molecule has 0 radical (unpaired) electrons. The minimum absolute atomic E-state index is 0.263. The maximum absolute atomic E-state index is 12.7. The van der Waals surface area contributed by atoms with Crippen LogP contribution in [0.25, 0.3) is 10.9 Å². The van der Waals surface area contributed by atoms with E-state index in [0.29, 0.717) is 12.1 Å². The normalized spacial score (nSPS) is 11.9. The molecule has 22 heavy (non-hydrogen) atoms. The molecule has 0 saturated heterocycles. The van der Waals surface area contributed by atoms with Gasteiger partial charge in [0.25, 0.3) is 10.0 Å². The average Bonchev–Trinajstić information content (AvgIpc) is 2.97. The van der Waals surface area contributed by atoms with Crippen LogP contribution in [0.15, 0.2) is 65.7 Å². The van der Waals surface area contributed by atoms with Gasteiger partial charge in [-0.05, 0) is 35.9 Å². The van der Waals surface area contributed by atoms with Crippen molar-refractivity contribution >= 4 is 20.9 Å². The molecule has 0 spiro atoms. The summed E-state index contributed by atoms with van der Waals surface area (Å²) in [6.45, 7) is 0.309. The summed E-state index contributed by atoms with van der Waals surface area (Å²) < 4.78 is 26.7. The molecule has 0 atom stereocenters. The van der Waals surface area contributed by atoms with Gasteiger partial charge in [-0.25, -0.2) is 22.2 Å². The van der Waals surface area contributed by atoms with E-state index in [2.05, 4.69) is 4.89 Å². The van der Waals surface area contributed by atoms with Crippen LogP contribution in [0.5, 0.6) is 0 Å². The number of benzene rings is 2. The molecule has 0 amide bonds. The molecule has 0 saturated carbocycles. The zero-order valence-electron chi connectivity index (χ0n) is 12.0. The standard InChI is InChI=1S/C16H15NO4S/c1-20-21-12-13-7-8-16-14(11-13)9-10-17(16)22(18,19)15-5-3-2-4-6-15/h2-11H,12H2,1H3. The van der Waals surface area contributed by atoms with Crippen LogP contribution in [0, 0.1) is 0 Å². The summed E-state index contributed by atoms with van der Waals surface area (Å²) >= 11 is 0. The Bertz CT molecular complexity index is 885. The fraction of sp³-hybridized carbons (Fsp3) is 0.125. The third kappa shape index (κ3) is 2.64. The minimum Gasteiger partial charge on any atom is -0.241 e. The van der Waals surface area contributed by atoms with Gasteiger partial charge in [0, 0.05) is 11.6 Å². The summed E-state index contributed by atoms with van der Waals surface area (Å²) in [6.07, 6.45) is 1.56. The fourth-order valence-corrected chi connectivity index (χ4v) is 3.67. The van der Waals surface area contributed by atoms with Crippen LogP contribution in [-0.4, -0.2) is 19.5 Å². The second kappa shape index (κ2) is 5.92. The lowest BCUT2D eigenvalue weighted by Gasteiger charge is -2.08. The molecule has 0 aliphatic rings. The Kier molecular flexibility index (Phi) is 3.98. The van der Waals surface area contributed by atoms with Gasteiger partial charge in [0.15, 0.2) is 0 Å². The third-order valence-corrected chi connectivity index (χ3v) is 5.07. The van der Waals surface area contributed by atoms with E-state index in [1.807, 2.05) is 12.1 Å². The van der Waals surface area contributed by atoms with Gasteiger partial charge in [-0.3, -0.25) is 0 Å². The van der Waals surface area contributed by atoms with Gasteiger partial charge < -0.3 is 0 Å². The maximum Gasteiger partial charge on any atom is 0.268 e. The summed E-state index contributed by atoms with van der Waals surface area (Å²) in [5, 5.41) is 0.830. The summed E-state index contributed by atoms with van der Waals surface area (Å²) in [5.41, 5.74) is 1.54. The Labute approximate surface area is 128 Å². The molecule has 1 aromatic heterocycles. The molecule has 114 valence electrons. The first-order valence-electron chi connectivity index (χ1n) is 6.69. The highest BCUT2D eigenvalue weighted by atomic mass is 32.2. The van der Waals surface area contributed by atoms with Gasteiger partial charge in [0.05, 0.1) is 17.5 Å². The average molecular weight is 317 g/mol. The van der Waals surface area contributed by atoms with Crippen molar-refractivity contribution in [1.82, 2.24) is 3.97 Å². The molecule has 0 fully saturated rings. The molecular formula is C16H15NO4S. The number of hydrogen-bond acceptors (Lipinski definition) is 4. The van der Waals surface area contributed by atoms with Crippen molar-refractivity contribution in [3.8, 4) is 0 Å². The molecule has 5 nitrogen and oxygen atoms in total. The number of rotatable bonds is 5. The molecule has 0 N–H and O–H groups in total. The molecule has 0 aliphatic carbocycles. The van der Waals surface area contributed by atoms with E-state index in [1.165, 1.54) is 11.1 Å². The SMILES string of the molecule is COOCc1ccc2c(ccn2S(=O)(=O)c2ccccc2)c1. The molecule has 2 aromatic carbocycles. The van der Waals surface area contributed by atoms with E-state index >= 15 is 0 Å². The zero-order chi connectivity index (χ0) is 15.6. The zero-order valence-corrected chi connectivity index (χ0v) is 12.8. The Morgan fingerprint density at radius 2 is 1.82 bits per heavy atom. The molecule has 0 unspecified atom stereocenters. The van der Waals surface area contributed by atoms with E-state index in [4.69, 9.17) is 4.89 Å². The molecule has 3 rings (SSSR count). The van der Waals surface area contributed by atoms with Crippen molar-refractivity contribution in [2.24, 2.45) is 0 Å². The third-order valence-electron chi connectivity index (χ3n) is 3.36. The van der Waals surface area contributed by atoms with Crippen LogP contribution in [-0.2, 0) is 26.4 Å². The summed E-state index contributed by atoms with van der Waals surface area (Å²) in [4.78, 5) is 9.72. The monoisotopic (exact) mass is 317 g/mol. The van der Waals surface area contributed by atoms with Gasteiger partial charge in [-0.1, -0.05) is 24.3 Å².